The summed E-state index contributed by atoms with van der Waals surface area (Å²) in [4.78, 5) is 11.1. The second-order valence-electron chi connectivity index (χ2n) is 8.98. The van der Waals surface area contributed by atoms with Gasteiger partial charge in [-0.05, 0) is 12.8 Å². The molecule has 0 bridgehead atoms. The highest BCUT2D eigenvalue weighted by atomic mass is 19.2. The number of carbonyl (C=O) groups excluding carboxylic acids is 1. The molecule has 2 saturated heterocycles. The highest BCUT2D eigenvalue weighted by molar-refractivity contribution is 5.68. The van der Waals surface area contributed by atoms with Gasteiger partial charge in [-0.15, -0.1) is 0 Å². The number of aliphatic hydroxyl groups excluding tert-OH is 6. The van der Waals surface area contributed by atoms with Gasteiger partial charge in [-0.2, -0.15) is 0 Å². The van der Waals surface area contributed by atoms with Crippen molar-refractivity contribution in [1.29, 1.82) is 0 Å². The number of halogens is 1. The fourth-order valence-corrected chi connectivity index (χ4v) is 4.05. The lowest BCUT2D eigenvalue weighted by molar-refractivity contribution is -0.412. The van der Waals surface area contributed by atoms with Gasteiger partial charge in [-0.25, -0.2) is 4.39 Å². The number of carbonyl (C=O) groups is 1. The molecule has 2 aliphatic rings. The largest absolute Gasteiger partial charge is 0.469 e. The molecule has 14 heteroatoms. The summed E-state index contributed by atoms with van der Waals surface area (Å²) in [6, 6.07) is 0. The van der Waals surface area contributed by atoms with Gasteiger partial charge >= 0.3 is 5.97 Å². The Labute approximate surface area is 208 Å². The van der Waals surface area contributed by atoms with Crippen molar-refractivity contribution < 1.29 is 68.6 Å². The molecule has 7 N–H and O–H groups in total. The van der Waals surface area contributed by atoms with Crippen LogP contribution in [0.1, 0.15) is 44.9 Å². The molecule has 10 atom stereocenters. The van der Waals surface area contributed by atoms with E-state index in [9.17, 15) is 44.9 Å². The Balaban J connectivity index is 1.92. The molecule has 212 valence electrons. The van der Waals surface area contributed by atoms with Crippen molar-refractivity contribution in [2.75, 3.05) is 26.9 Å². The Morgan fingerprint density at radius 1 is 0.889 bits per heavy atom. The summed E-state index contributed by atoms with van der Waals surface area (Å²) in [5.74, 6) is -3.88. The lowest BCUT2D eigenvalue weighted by Crippen LogP contribution is -2.68. The zero-order chi connectivity index (χ0) is 26.9. The molecule has 0 aromatic heterocycles. The van der Waals surface area contributed by atoms with E-state index < -0.39 is 74.4 Å². The van der Waals surface area contributed by atoms with Gasteiger partial charge in [0.25, 0.3) is 5.85 Å². The molecule has 2 rings (SSSR count). The van der Waals surface area contributed by atoms with E-state index in [1.165, 1.54) is 7.11 Å². The van der Waals surface area contributed by atoms with E-state index in [1.807, 2.05) is 0 Å². The normalized spacial score (nSPS) is 39.2. The Hall–Kier alpha value is -1.04. The standard InChI is InChI=1S/C22H39FO13/c1-32-14(26)8-6-4-2-3-5-7-9-33-20-18(17(29)15(27)12(10-24)34-20)36-21-22(23,31)19(30)16(28)13(11-25)35-21/h12-13,15-21,24-25,27-31H,2-11H2,1H3/t12-,13-,15-,16-,17+,18-,19+,20+,21-,22-/m1/s1. The Kier molecular flexibility index (Phi) is 12.8. The quantitative estimate of drug-likeness (QED) is 0.0944. The summed E-state index contributed by atoms with van der Waals surface area (Å²) in [6.07, 6.45) is -10.8. The highest BCUT2D eigenvalue weighted by Gasteiger charge is 2.59. The number of unbranched alkanes of at least 4 members (excludes halogenated alkanes) is 5. The molecule has 2 fully saturated rings. The second kappa shape index (κ2) is 14.8. The maximum Gasteiger partial charge on any atom is 0.305 e. The van der Waals surface area contributed by atoms with Crippen molar-refractivity contribution in [3.8, 4) is 0 Å². The van der Waals surface area contributed by atoms with Crippen molar-refractivity contribution in [3.63, 3.8) is 0 Å². The second-order valence-corrected chi connectivity index (χ2v) is 8.98. The van der Waals surface area contributed by atoms with Crippen LogP contribution < -0.4 is 0 Å². The third-order valence-electron chi connectivity index (χ3n) is 6.32. The molecule has 13 nitrogen and oxygen atoms in total. The Morgan fingerprint density at radius 3 is 2.08 bits per heavy atom. The lowest BCUT2D eigenvalue weighted by Gasteiger charge is -2.47. The number of hydrogen-bond acceptors (Lipinski definition) is 13. The summed E-state index contributed by atoms with van der Waals surface area (Å²) in [7, 11) is 1.34. The first-order valence-electron chi connectivity index (χ1n) is 12.1. The van der Waals surface area contributed by atoms with Crippen LogP contribution in [0.15, 0.2) is 0 Å². The third-order valence-corrected chi connectivity index (χ3v) is 6.32. The molecule has 0 aromatic rings. The molecular formula is C22H39FO13. The number of methoxy groups -OCH3 is 1. The maximum atomic E-state index is 14.8. The van der Waals surface area contributed by atoms with Gasteiger partial charge in [0.2, 0.25) is 6.29 Å². The van der Waals surface area contributed by atoms with E-state index >= 15 is 0 Å². The summed E-state index contributed by atoms with van der Waals surface area (Å²) in [6.45, 7) is -1.39. The van der Waals surface area contributed by atoms with E-state index in [1.54, 1.807) is 0 Å². The molecular weight excluding hydrogens is 491 g/mol. The number of aliphatic hydroxyl groups is 7. The van der Waals surface area contributed by atoms with Crippen LogP contribution in [0.25, 0.3) is 0 Å². The molecule has 0 amide bonds. The molecule has 0 aliphatic carbocycles. The van der Waals surface area contributed by atoms with E-state index in [0.29, 0.717) is 12.8 Å². The van der Waals surface area contributed by atoms with E-state index in [2.05, 4.69) is 4.74 Å². The predicted molar refractivity (Wildman–Crippen MR) is 117 cm³/mol. The fourth-order valence-electron chi connectivity index (χ4n) is 4.05. The Bertz CT molecular complexity index is 653. The fraction of sp³-hybridized carbons (Fsp3) is 0.955. The SMILES string of the molecule is COC(=O)CCCCCCCCO[C@H]1O[C@H](CO)[C@@H](O)[C@H](O)[C@H]1O[C@H]1O[C@H](CO)[C@@H](O)[C@H](O)[C@]1(O)F. The Morgan fingerprint density at radius 2 is 1.47 bits per heavy atom. The van der Waals surface area contributed by atoms with Crippen LogP contribution >= 0.6 is 0 Å². The molecule has 2 heterocycles. The van der Waals surface area contributed by atoms with Crippen LogP contribution in [-0.2, 0) is 28.5 Å². The van der Waals surface area contributed by atoms with Gasteiger partial charge in [0.1, 0.15) is 42.7 Å². The number of rotatable bonds is 14. The summed E-state index contributed by atoms with van der Waals surface area (Å²) >= 11 is 0. The van der Waals surface area contributed by atoms with Gasteiger partial charge in [0.05, 0.1) is 20.3 Å². The van der Waals surface area contributed by atoms with E-state index in [-0.39, 0.29) is 12.6 Å². The predicted octanol–water partition coefficient (Wildman–Crippen LogP) is -2.17. The molecule has 0 aromatic carbocycles. The van der Waals surface area contributed by atoms with Crippen LogP contribution in [0.3, 0.4) is 0 Å². The first kappa shape index (κ1) is 31.2. The minimum Gasteiger partial charge on any atom is -0.469 e. The molecule has 0 spiro atoms. The summed E-state index contributed by atoms with van der Waals surface area (Å²) in [5, 5.41) is 69.3. The number of ether oxygens (including phenoxy) is 5. The van der Waals surface area contributed by atoms with Gasteiger partial charge in [-0.3, -0.25) is 4.79 Å². The third kappa shape index (κ3) is 7.98. The van der Waals surface area contributed by atoms with E-state index in [4.69, 9.17) is 18.9 Å². The van der Waals surface area contributed by atoms with Gasteiger partial charge in [0.15, 0.2) is 6.29 Å². The van der Waals surface area contributed by atoms with Crippen LogP contribution in [0, 0.1) is 0 Å². The van der Waals surface area contributed by atoms with Crippen molar-refractivity contribution in [2.24, 2.45) is 0 Å². The summed E-state index contributed by atoms with van der Waals surface area (Å²) < 4.78 is 40.8. The molecule has 0 saturated carbocycles. The van der Waals surface area contributed by atoms with Crippen molar-refractivity contribution in [1.82, 2.24) is 0 Å². The maximum absolute atomic E-state index is 14.8. The van der Waals surface area contributed by atoms with Crippen molar-refractivity contribution in [3.05, 3.63) is 0 Å². The van der Waals surface area contributed by atoms with Crippen molar-refractivity contribution in [2.45, 2.75) is 106 Å². The smallest absolute Gasteiger partial charge is 0.305 e. The number of alkyl halides is 1. The minimum absolute atomic E-state index is 0.111. The topological polar surface area (TPSA) is 205 Å². The van der Waals surface area contributed by atoms with Gasteiger partial charge in [0, 0.05) is 13.0 Å². The number of hydrogen-bond donors (Lipinski definition) is 7. The van der Waals surface area contributed by atoms with Crippen LogP contribution in [0.5, 0.6) is 0 Å². The molecule has 0 unspecified atom stereocenters. The lowest BCUT2D eigenvalue weighted by atomic mass is 9.96. The first-order chi connectivity index (χ1) is 17.1. The molecule has 2 aliphatic heterocycles. The van der Waals surface area contributed by atoms with Gasteiger partial charge in [-0.1, -0.05) is 25.7 Å². The average Bonchev–Trinajstić information content (AvgIpc) is 2.86. The van der Waals surface area contributed by atoms with Crippen LogP contribution in [0.2, 0.25) is 0 Å². The highest BCUT2D eigenvalue weighted by Crippen LogP contribution is 2.35. The molecule has 0 radical (unpaired) electrons. The van der Waals surface area contributed by atoms with Crippen LogP contribution in [-0.4, -0.2) is 130 Å². The zero-order valence-electron chi connectivity index (χ0n) is 20.2. The van der Waals surface area contributed by atoms with Crippen molar-refractivity contribution >= 4 is 5.97 Å². The molecule has 36 heavy (non-hydrogen) atoms. The average molecular weight is 531 g/mol. The number of esters is 1. The monoisotopic (exact) mass is 530 g/mol. The van der Waals surface area contributed by atoms with E-state index in [0.717, 1.165) is 32.1 Å². The van der Waals surface area contributed by atoms with Crippen LogP contribution in [0.4, 0.5) is 4.39 Å². The minimum atomic E-state index is -3.64. The van der Waals surface area contributed by atoms with Gasteiger partial charge < -0.3 is 59.4 Å². The zero-order valence-corrected chi connectivity index (χ0v) is 20.2. The first-order valence-corrected chi connectivity index (χ1v) is 12.1. The summed E-state index contributed by atoms with van der Waals surface area (Å²) in [5.41, 5.74) is 0.